The van der Waals surface area contributed by atoms with E-state index in [-0.39, 0.29) is 5.78 Å². The first-order valence-corrected chi connectivity index (χ1v) is 8.88. The first kappa shape index (κ1) is 15.1. The zero-order valence-corrected chi connectivity index (χ0v) is 14.3. The molecule has 4 rings (SSSR count). The van der Waals surface area contributed by atoms with Gasteiger partial charge in [0.25, 0.3) is 0 Å². The Hall–Kier alpha value is -2.40. The Morgan fingerprint density at radius 2 is 2.08 bits per heavy atom. The van der Waals surface area contributed by atoms with Crippen LogP contribution in [0.5, 0.6) is 5.75 Å². The average molecular weight is 338 g/mol. The highest BCUT2D eigenvalue weighted by atomic mass is 32.1. The van der Waals surface area contributed by atoms with E-state index in [1.54, 1.807) is 19.2 Å². The number of nitrogens with zero attached hydrogens (tertiary/aromatic N) is 1. The third-order valence-corrected chi connectivity index (χ3v) is 5.65. The van der Waals surface area contributed by atoms with Crippen molar-refractivity contribution in [3.05, 3.63) is 52.0 Å². The summed E-state index contributed by atoms with van der Waals surface area (Å²) in [5.74, 6) is 0.585. The maximum Gasteiger partial charge on any atom is 0.205 e. The molecule has 0 saturated heterocycles. The molecule has 5 heteroatoms. The Kier molecular flexibility index (Phi) is 3.73. The van der Waals surface area contributed by atoms with E-state index in [9.17, 15) is 4.79 Å². The summed E-state index contributed by atoms with van der Waals surface area (Å²) < 4.78 is 5.21. The maximum absolute atomic E-state index is 12.9. The molecule has 2 aromatic heterocycles. The lowest BCUT2D eigenvalue weighted by Crippen LogP contribution is -2.05. The smallest absolute Gasteiger partial charge is 0.205 e. The molecule has 1 aliphatic carbocycles. The predicted octanol–water partition coefficient (Wildman–Crippen LogP) is 4.00. The number of carbonyl (C=O) groups excluding carboxylic acids is 1. The number of thiophene rings is 1. The summed E-state index contributed by atoms with van der Waals surface area (Å²) in [6, 6.07) is 9.29. The van der Waals surface area contributed by atoms with Gasteiger partial charge in [0.1, 0.15) is 15.5 Å². The monoisotopic (exact) mass is 338 g/mol. The number of rotatable bonds is 3. The zero-order chi connectivity index (χ0) is 16.7. The van der Waals surface area contributed by atoms with E-state index < -0.39 is 0 Å². The van der Waals surface area contributed by atoms with Crippen LogP contribution in [0.1, 0.15) is 39.3 Å². The molecule has 2 N–H and O–H groups in total. The molecule has 1 aromatic carbocycles. The number of hydrogen-bond donors (Lipinski definition) is 1. The number of hydrogen-bond acceptors (Lipinski definition) is 5. The van der Waals surface area contributed by atoms with Crippen molar-refractivity contribution < 1.29 is 9.53 Å². The summed E-state index contributed by atoms with van der Waals surface area (Å²) in [5.41, 5.74) is 9.86. The van der Waals surface area contributed by atoms with Crippen LogP contribution in [0, 0.1) is 0 Å². The van der Waals surface area contributed by atoms with Gasteiger partial charge in [0.2, 0.25) is 5.78 Å². The minimum Gasteiger partial charge on any atom is -0.497 e. The van der Waals surface area contributed by atoms with Crippen molar-refractivity contribution in [2.75, 3.05) is 12.8 Å². The van der Waals surface area contributed by atoms with Crippen molar-refractivity contribution in [1.82, 2.24) is 4.98 Å². The fourth-order valence-corrected chi connectivity index (χ4v) is 4.28. The summed E-state index contributed by atoms with van der Waals surface area (Å²) >= 11 is 1.39. The normalized spacial score (nSPS) is 13.7. The molecule has 0 aliphatic heterocycles. The predicted molar refractivity (Wildman–Crippen MR) is 97.1 cm³/mol. The van der Waals surface area contributed by atoms with Gasteiger partial charge in [0.05, 0.1) is 12.8 Å². The summed E-state index contributed by atoms with van der Waals surface area (Å²) in [4.78, 5) is 19.1. The first-order valence-electron chi connectivity index (χ1n) is 8.07. The number of aryl methyl sites for hydroxylation is 2. The molecular weight excluding hydrogens is 320 g/mol. The summed E-state index contributed by atoms with van der Waals surface area (Å²) in [7, 11) is 1.59. The van der Waals surface area contributed by atoms with Gasteiger partial charge < -0.3 is 10.5 Å². The Labute approximate surface area is 144 Å². The summed E-state index contributed by atoms with van der Waals surface area (Å²) in [6.07, 6.45) is 4.44. The Morgan fingerprint density at radius 1 is 1.25 bits per heavy atom. The van der Waals surface area contributed by atoms with Gasteiger partial charge in [-0.2, -0.15) is 0 Å². The highest BCUT2D eigenvalue weighted by Gasteiger charge is 2.21. The molecule has 0 fully saturated rings. The van der Waals surface area contributed by atoms with E-state index in [0.29, 0.717) is 21.9 Å². The molecule has 0 radical (unpaired) electrons. The number of benzene rings is 1. The van der Waals surface area contributed by atoms with E-state index in [1.165, 1.54) is 29.7 Å². The molecule has 24 heavy (non-hydrogen) atoms. The van der Waals surface area contributed by atoms with Crippen molar-refractivity contribution in [2.24, 2.45) is 0 Å². The second-order valence-corrected chi connectivity index (χ2v) is 7.06. The van der Waals surface area contributed by atoms with Crippen molar-refractivity contribution >= 4 is 33.0 Å². The third-order valence-electron chi connectivity index (χ3n) is 4.54. The average Bonchev–Trinajstić information content (AvgIpc) is 2.95. The van der Waals surface area contributed by atoms with Gasteiger partial charge in [0, 0.05) is 16.6 Å². The number of fused-ring (bicyclic) bond motifs is 2. The fraction of sp³-hybridized carbons (Fsp3) is 0.263. The van der Waals surface area contributed by atoms with Crippen LogP contribution in [0.3, 0.4) is 0 Å². The number of ketones is 1. The van der Waals surface area contributed by atoms with Gasteiger partial charge in [-0.05, 0) is 49.4 Å². The van der Waals surface area contributed by atoms with Gasteiger partial charge in [0.15, 0.2) is 0 Å². The topological polar surface area (TPSA) is 65.2 Å². The van der Waals surface area contributed by atoms with Crippen LogP contribution < -0.4 is 10.5 Å². The second kappa shape index (κ2) is 5.91. The van der Waals surface area contributed by atoms with Crippen LogP contribution >= 0.6 is 11.3 Å². The van der Waals surface area contributed by atoms with E-state index in [1.807, 2.05) is 12.1 Å². The van der Waals surface area contributed by atoms with Crippen LogP contribution in [-0.2, 0) is 12.8 Å². The Bertz CT molecular complexity index is 946. The molecular formula is C19H18N2O2S. The molecule has 122 valence electrons. The number of pyridine rings is 1. The van der Waals surface area contributed by atoms with Gasteiger partial charge in [-0.15, -0.1) is 11.3 Å². The van der Waals surface area contributed by atoms with Crippen LogP contribution in [0.2, 0.25) is 0 Å². The number of nitrogen functional groups attached to an aromatic ring is 1. The number of aromatic nitrogens is 1. The van der Waals surface area contributed by atoms with Crippen molar-refractivity contribution in [1.29, 1.82) is 0 Å². The fourth-order valence-electron chi connectivity index (χ4n) is 3.22. The Balaban J connectivity index is 1.81. The van der Waals surface area contributed by atoms with Gasteiger partial charge >= 0.3 is 0 Å². The lowest BCUT2D eigenvalue weighted by Gasteiger charge is -2.14. The highest BCUT2D eigenvalue weighted by Crippen LogP contribution is 2.36. The molecule has 0 atom stereocenters. The van der Waals surface area contributed by atoms with E-state index in [4.69, 9.17) is 15.5 Å². The quantitative estimate of drug-likeness (QED) is 0.733. The molecule has 0 spiro atoms. The molecule has 2 heterocycles. The van der Waals surface area contributed by atoms with Crippen LogP contribution in [0.25, 0.3) is 10.2 Å². The van der Waals surface area contributed by atoms with E-state index in [0.717, 1.165) is 28.8 Å². The summed E-state index contributed by atoms with van der Waals surface area (Å²) in [6.45, 7) is 0. The minimum atomic E-state index is -0.0765. The van der Waals surface area contributed by atoms with E-state index >= 15 is 0 Å². The molecule has 4 nitrogen and oxygen atoms in total. The number of methoxy groups -OCH3 is 1. The van der Waals surface area contributed by atoms with Crippen molar-refractivity contribution in [3.8, 4) is 5.75 Å². The highest BCUT2D eigenvalue weighted by molar-refractivity contribution is 7.21. The first-order chi connectivity index (χ1) is 11.7. The third kappa shape index (κ3) is 2.45. The number of carbonyl (C=O) groups is 1. The SMILES string of the molecule is COc1cccc(C(=O)c2sc3nc4c(cc3c2N)CCCC4)c1. The number of anilines is 1. The second-order valence-electron chi connectivity index (χ2n) is 6.06. The van der Waals surface area contributed by atoms with Crippen molar-refractivity contribution in [2.45, 2.75) is 25.7 Å². The van der Waals surface area contributed by atoms with Gasteiger partial charge in [-0.1, -0.05) is 12.1 Å². The van der Waals surface area contributed by atoms with E-state index in [2.05, 4.69) is 6.07 Å². The summed E-state index contributed by atoms with van der Waals surface area (Å²) in [5, 5.41) is 0.909. The minimum absolute atomic E-state index is 0.0765. The molecule has 3 aromatic rings. The molecule has 0 saturated carbocycles. The number of nitrogens with two attached hydrogens (primary N) is 1. The lowest BCUT2D eigenvalue weighted by molar-refractivity contribution is 0.104. The number of ether oxygens (including phenoxy) is 1. The molecule has 0 unspecified atom stereocenters. The maximum atomic E-state index is 12.9. The largest absolute Gasteiger partial charge is 0.497 e. The molecule has 0 amide bonds. The van der Waals surface area contributed by atoms with Crippen LogP contribution in [-0.4, -0.2) is 17.9 Å². The Morgan fingerprint density at radius 3 is 2.92 bits per heavy atom. The zero-order valence-electron chi connectivity index (χ0n) is 13.5. The standard InChI is InChI=1S/C19H18N2O2S/c1-23-13-7-4-6-12(9-13)17(22)18-16(20)14-10-11-5-2-3-8-15(11)21-19(14)24-18/h4,6-7,9-10H,2-3,5,8,20H2,1H3. The van der Waals surface area contributed by atoms with Crippen molar-refractivity contribution in [3.63, 3.8) is 0 Å². The van der Waals surface area contributed by atoms with Crippen LogP contribution in [0.4, 0.5) is 5.69 Å². The van der Waals surface area contributed by atoms with Gasteiger partial charge in [-0.3, -0.25) is 4.79 Å². The van der Waals surface area contributed by atoms with Gasteiger partial charge in [-0.25, -0.2) is 4.98 Å². The molecule has 1 aliphatic rings. The van der Waals surface area contributed by atoms with Crippen LogP contribution in [0.15, 0.2) is 30.3 Å². The molecule has 0 bridgehead atoms. The lowest BCUT2D eigenvalue weighted by atomic mass is 9.95.